The lowest BCUT2D eigenvalue weighted by Crippen LogP contribution is -2.51. The second-order valence-electron chi connectivity index (χ2n) is 8.77. The van der Waals surface area contributed by atoms with Crippen molar-refractivity contribution in [3.63, 3.8) is 0 Å². The predicted octanol–water partition coefficient (Wildman–Crippen LogP) is 5.63. The molecule has 202 valence electrons. The fraction of sp³-hybridized carbons (Fsp3) is 0.286. The Morgan fingerprint density at radius 3 is 2.32 bits per heavy atom. The van der Waals surface area contributed by atoms with Gasteiger partial charge < -0.3 is 10.2 Å². The number of rotatable bonds is 12. The molecule has 1 N–H and O–H groups in total. The van der Waals surface area contributed by atoms with Crippen LogP contribution in [0.25, 0.3) is 0 Å². The number of sulfonamides is 1. The maximum atomic E-state index is 13.8. The van der Waals surface area contributed by atoms with Gasteiger partial charge in [0.15, 0.2) is 0 Å². The van der Waals surface area contributed by atoms with Crippen LogP contribution in [-0.2, 0) is 26.2 Å². The van der Waals surface area contributed by atoms with Crippen molar-refractivity contribution in [3.05, 3.63) is 93.9 Å². The van der Waals surface area contributed by atoms with Crippen LogP contribution < -0.4 is 9.62 Å². The van der Waals surface area contributed by atoms with Crippen LogP contribution in [0.4, 0.5) is 5.69 Å². The van der Waals surface area contributed by atoms with Crippen molar-refractivity contribution < 1.29 is 18.0 Å². The standard InChI is InChI=1S/C28H31BrClN3O4S/c1-3-4-17-31-28(35)21(2)32(19-22-9-8-10-24(30)18-22)27(34)20-33(25-15-13-23(29)14-16-25)38(36,37)26-11-6-5-7-12-26/h5-16,18,21H,3-4,17,19-20H2,1-2H3,(H,31,35)/t21-/m0/s1. The molecule has 0 saturated carbocycles. The third-order valence-electron chi connectivity index (χ3n) is 5.96. The van der Waals surface area contributed by atoms with Crippen molar-refractivity contribution in [3.8, 4) is 0 Å². The SMILES string of the molecule is CCCCNC(=O)[C@H](C)N(Cc1cccc(Cl)c1)C(=O)CN(c1ccc(Br)cc1)S(=O)(=O)c1ccccc1. The number of carbonyl (C=O) groups is 2. The molecule has 10 heteroatoms. The van der Waals surface area contributed by atoms with Crippen molar-refractivity contribution in [1.82, 2.24) is 10.2 Å². The van der Waals surface area contributed by atoms with Crippen molar-refractivity contribution in [2.75, 3.05) is 17.4 Å². The van der Waals surface area contributed by atoms with E-state index in [4.69, 9.17) is 11.6 Å². The minimum Gasteiger partial charge on any atom is -0.354 e. The summed E-state index contributed by atoms with van der Waals surface area (Å²) in [5.74, 6) is -0.833. The number of hydrogen-bond donors (Lipinski definition) is 1. The Bertz CT molecular complexity index is 1340. The minimum absolute atomic E-state index is 0.0578. The average molecular weight is 621 g/mol. The zero-order valence-electron chi connectivity index (χ0n) is 21.3. The van der Waals surface area contributed by atoms with E-state index in [2.05, 4.69) is 21.2 Å². The fourth-order valence-corrected chi connectivity index (χ4v) is 5.72. The molecular formula is C28H31BrClN3O4S. The highest BCUT2D eigenvalue weighted by atomic mass is 79.9. The molecule has 3 aromatic rings. The van der Waals surface area contributed by atoms with Crippen LogP contribution in [0.2, 0.25) is 5.02 Å². The number of hydrogen-bond acceptors (Lipinski definition) is 4. The van der Waals surface area contributed by atoms with Gasteiger partial charge in [-0.15, -0.1) is 0 Å². The normalized spacial score (nSPS) is 12.0. The summed E-state index contributed by atoms with van der Waals surface area (Å²) in [6.07, 6.45) is 1.73. The Morgan fingerprint density at radius 1 is 1.00 bits per heavy atom. The number of nitrogens with one attached hydrogen (secondary N) is 1. The maximum absolute atomic E-state index is 13.8. The lowest BCUT2D eigenvalue weighted by molar-refractivity contribution is -0.139. The Hall–Kier alpha value is -2.88. The van der Waals surface area contributed by atoms with E-state index in [0.717, 1.165) is 27.2 Å². The first kappa shape index (κ1) is 29.7. The quantitative estimate of drug-likeness (QED) is 0.266. The highest BCUT2D eigenvalue weighted by molar-refractivity contribution is 9.10. The van der Waals surface area contributed by atoms with Crippen molar-refractivity contribution >= 4 is 55.1 Å². The highest BCUT2D eigenvalue weighted by Gasteiger charge is 2.32. The summed E-state index contributed by atoms with van der Waals surface area (Å²) >= 11 is 9.53. The first-order valence-corrected chi connectivity index (χ1v) is 14.9. The van der Waals surface area contributed by atoms with Crippen molar-refractivity contribution in [2.45, 2.75) is 44.2 Å². The summed E-state index contributed by atoms with van der Waals surface area (Å²) in [7, 11) is -4.09. The number of carbonyl (C=O) groups excluding carboxylic acids is 2. The van der Waals surface area contributed by atoms with Gasteiger partial charge in [-0.3, -0.25) is 13.9 Å². The van der Waals surface area contributed by atoms with E-state index in [9.17, 15) is 18.0 Å². The van der Waals surface area contributed by atoms with Crippen LogP contribution in [0.1, 0.15) is 32.3 Å². The summed E-state index contributed by atoms with van der Waals surface area (Å²) in [5, 5.41) is 3.37. The number of anilines is 1. The molecule has 0 heterocycles. The van der Waals surface area contributed by atoms with Crippen LogP contribution >= 0.6 is 27.5 Å². The molecule has 0 radical (unpaired) electrons. The monoisotopic (exact) mass is 619 g/mol. The molecule has 0 bridgehead atoms. The Kier molecular flexibility index (Phi) is 10.8. The second kappa shape index (κ2) is 13.8. The van der Waals surface area contributed by atoms with Crippen LogP contribution in [0.3, 0.4) is 0 Å². The van der Waals surface area contributed by atoms with Crippen LogP contribution in [0.15, 0.2) is 88.2 Å². The lowest BCUT2D eigenvalue weighted by atomic mass is 10.1. The molecule has 0 aliphatic carbocycles. The van der Waals surface area contributed by atoms with Gasteiger partial charge in [0.05, 0.1) is 10.6 Å². The maximum Gasteiger partial charge on any atom is 0.264 e. The number of nitrogens with zero attached hydrogens (tertiary/aromatic N) is 2. The summed E-state index contributed by atoms with van der Waals surface area (Å²) in [6.45, 7) is 3.74. The molecule has 0 aromatic heterocycles. The number of benzene rings is 3. The van der Waals surface area contributed by atoms with Gasteiger partial charge in [0, 0.05) is 22.6 Å². The first-order chi connectivity index (χ1) is 18.1. The zero-order chi connectivity index (χ0) is 27.7. The Balaban J connectivity index is 1.98. The van der Waals surface area contributed by atoms with E-state index in [1.165, 1.54) is 17.0 Å². The van der Waals surface area contributed by atoms with Crippen molar-refractivity contribution in [2.24, 2.45) is 0 Å². The summed E-state index contributed by atoms with van der Waals surface area (Å²) in [6, 6.07) is 20.8. The third kappa shape index (κ3) is 7.82. The zero-order valence-corrected chi connectivity index (χ0v) is 24.5. The predicted molar refractivity (Wildman–Crippen MR) is 154 cm³/mol. The largest absolute Gasteiger partial charge is 0.354 e. The van der Waals surface area contributed by atoms with E-state index >= 15 is 0 Å². The number of amides is 2. The molecule has 2 amide bonds. The second-order valence-corrected chi connectivity index (χ2v) is 12.0. The molecular weight excluding hydrogens is 590 g/mol. The Labute approximate surface area is 238 Å². The number of unbranched alkanes of at least 4 members (excludes halogenated alkanes) is 1. The molecule has 1 atom stereocenters. The fourth-order valence-electron chi connectivity index (χ4n) is 3.81. The molecule has 0 aliphatic heterocycles. The van der Waals surface area contributed by atoms with E-state index in [0.29, 0.717) is 17.3 Å². The van der Waals surface area contributed by atoms with Gasteiger partial charge in [-0.05, 0) is 67.4 Å². The highest BCUT2D eigenvalue weighted by Crippen LogP contribution is 2.26. The van der Waals surface area contributed by atoms with Gasteiger partial charge in [-0.25, -0.2) is 8.42 Å². The average Bonchev–Trinajstić information content (AvgIpc) is 2.91. The summed E-state index contributed by atoms with van der Waals surface area (Å²) < 4.78 is 29.2. The van der Waals surface area contributed by atoms with Gasteiger partial charge in [-0.1, -0.05) is 71.2 Å². The molecule has 0 saturated heterocycles. The van der Waals surface area contributed by atoms with Gasteiger partial charge in [0.2, 0.25) is 11.8 Å². The van der Waals surface area contributed by atoms with Gasteiger partial charge >= 0.3 is 0 Å². The van der Waals surface area contributed by atoms with E-state index in [-0.39, 0.29) is 17.3 Å². The summed E-state index contributed by atoms with van der Waals surface area (Å²) in [5.41, 5.74) is 1.05. The van der Waals surface area contributed by atoms with E-state index < -0.39 is 28.5 Å². The molecule has 0 unspecified atom stereocenters. The molecule has 3 aromatic carbocycles. The molecule has 38 heavy (non-hydrogen) atoms. The molecule has 0 fully saturated rings. The van der Waals surface area contributed by atoms with Crippen LogP contribution in [0, 0.1) is 0 Å². The smallest absolute Gasteiger partial charge is 0.264 e. The van der Waals surface area contributed by atoms with E-state index in [1.807, 2.05) is 6.92 Å². The van der Waals surface area contributed by atoms with Gasteiger partial charge in [-0.2, -0.15) is 0 Å². The molecule has 0 aliphatic rings. The minimum atomic E-state index is -4.09. The summed E-state index contributed by atoms with van der Waals surface area (Å²) in [4.78, 5) is 28.2. The Morgan fingerprint density at radius 2 is 1.68 bits per heavy atom. The molecule has 0 spiro atoms. The topological polar surface area (TPSA) is 86.8 Å². The molecule has 3 rings (SSSR count). The van der Waals surface area contributed by atoms with Gasteiger partial charge in [0.1, 0.15) is 12.6 Å². The third-order valence-corrected chi connectivity index (χ3v) is 8.52. The van der Waals surface area contributed by atoms with E-state index in [1.54, 1.807) is 73.7 Å². The van der Waals surface area contributed by atoms with Crippen LogP contribution in [0.5, 0.6) is 0 Å². The first-order valence-electron chi connectivity index (χ1n) is 12.3. The molecule has 7 nitrogen and oxygen atoms in total. The van der Waals surface area contributed by atoms with Crippen LogP contribution in [-0.4, -0.2) is 44.3 Å². The number of halogens is 2. The van der Waals surface area contributed by atoms with Crippen molar-refractivity contribution in [1.29, 1.82) is 0 Å². The lowest BCUT2D eigenvalue weighted by Gasteiger charge is -2.32. The van der Waals surface area contributed by atoms with Gasteiger partial charge in [0.25, 0.3) is 10.0 Å².